The Morgan fingerprint density at radius 1 is 1.77 bits per heavy atom. The van der Waals surface area contributed by atoms with Gasteiger partial charge >= 0.3 is 0 Å². The van der Waals surface area contributed by atoms with Crippen LogP contribution in [-0.4, -0.2) is 11.9 Å². The van der Waals surface area contributed by atoms with Crippen LogP contribution in [0.5, 0.6) is 0 Å². The molecule has 13 heavy (non-hydrogen) atoms. The molecule has 1 heterocycles. The summed E-state index contributed by atoms with van der Waals surface area (Å²) in [7, 11) is 0. The van der Waals surface area contributed by atoms with Gasteiger partial charge in [0.2, 0.25) is 0 Å². The second-order valence-corrected chi connectivity index (χ2v) is 5.63. The van der Waals surface area contributed by atoms with Crippen molar-refractivity contribution in [3.63, 3.8) is 0 Å². The highest BCUT2D eigenvalue weighted by Crippen LogP contribution is 2.30. The molecule has 70 valence electrons. The van der Waals surface area contributed by atoms with Gasteiger partial charge in [0.15, 0.2) is 0 Å². The molecule has 0 saturated heterocycles. The van der Waals surface area contributed by atoms with Crippen LogP contribution in [0.4, 0.5) is 0 Å². The predicted octanol–water partition coefficient (Wildman–Crippen LogP) is 2.65. The molecule has 1 aromatic rings. The summed E-state index contributed by atoms with van der Waals surface area (Å²) in [5.41, 5.74) is 0.754. The molecule has 1 aliphatic rings. The van der Waals surface area contributed by atoms with E-state index in [1.54, 1.807) is 0 Å². The van der Waals surface area contributed by atoms with Crippen molar-refractivity contribution in [3.05, 3.63) is 20.8 Å². The molecule has 2 unspecified atom stereocenters. The van der Waals surface area contributed by atoms with Crippen LogP contribution >= 0.6 is 27.3 Å². The quantitative estimate of drug-likeness (QED) is 0.870. The molecule has 0 aliphatic heterocycles. The Hall–Kier alpha value is -0.350. The van der Waals surface area contributed by atoms with E-state index < -0.39 is 0 Å². The number of hydrogen-bond donors (Lipinski definition) is 1. The van der Waals surface area contributed by atoms with Crippen molar-refractivity contribution in [2.75, 3.05) is 0 Å². The summed E-state index contributed by atoms with van der Waals surface area (Å²) in [5.74, 6) is 0.698. The fourth-order valence-electron chi connectivity index (χ4n) is 1.23. The molecule has 0 spiro atoms. The Morgan fingerprint density at radius 2 is 2.46 bits per heavy atom. The van der Waals surface area contributed by atoms with E-state index in [1.807, 2.05) is 11.4 Å². The van der Waals surface area contributed by atoms with Gasteiger partial charge in [-0.2, -0.15) is 0 Å². The molecule has 2 nitrogen and oxygen atoms in total. The van der Waals surface area contributed by atoms with Crippen LogP contribution in [0.3, 0.4) is 0 Å². The number of nitrogens with one attached hydrogen (secondary N) is 1. The van der Waals surface area contributed by atoms with Gasteiger partial charge in [0.1, 0.15) is 0 Å². The highest BCUT2D eigenvalue weighted by molar-refractivity contribution is 9.11. The fourth-order valence-corrected chi connectivity index (χ4v) is 2.47. The van der Waals surface area contributed by atoms with Crippen LogP contribution in [0, 0.1) is 5.92 Å². The third-order valence-corrected chi connectivity index (χ3v) is 3.98. The van der Waals surface area contributed by atoms with Crippen molar-refractivity contribution < 1.29 is 4.79 Å². The maximum Gasteiger partial charge on any atom is 0.253 e. The highest BCUT2D eigenvalue weighted by atomic mass is 79.9. The van der Waals surface area contributed by atoms with Crippen LogP contribution in [0.2, 0.25) is 0 Å². The molecule has 1 fully saturated rings. The first kappa shape index (κ1) is 9.21. The smallest absolute Gasteiger partial charge is 0.253 e. The Labute approximate surface area is 89.5 Å². The number of hydrogen-bond acceptors (Lipinski definition) is 2. The minimum Gasteiger partial charge on any atom is -0.349 e. The maximum atomic E-state index is 11.6. The van der Waals surface area contributed by atoms with Crippen LogP contribution in [0.1, 0.15) is 23.7 Å². The average molecular weight is 260 g/mol. The number of thiophene rings is 1. The van der Waals surface area contributed by atoms with Crippen molar-refractivity contribution in [1.82, 2.24) is 5.32 Å². The Balaban J connectivity index is 2.01. The van der Waals surface area contributed by atoms with Gasteiger partial charge in [-0.05, 0) is 39.7 Å². The van der Waals surface area contributed by atoms with Gasteiger partial charge in [0.05, 0.1) is 9.35 Å². The van der Waals surface area contributed by atoms with Gasteiger partial charge in [-0.25, -0.2) is 0 Å². The van der Waals surface area contributed by atoms with Gasteiger partial charge in [-0.15, -0.1) is 11.3 Å². The van der Waals surface area contributed by atoms with Gasteiger partial charge in [-0.3, -0.25) is 4.79 Å². The molecular formula is C9H10BrNOS. The number of carbonyl (C=O) groups is 1. The van der Waals surface area contributed by atoms with Crippen molar-refractivity contribution in [2.45, 2.75) is 19.4 Å². The number of carbonyl (C=O) groups excluding carboxylic acids is 1. The zero-order valence-corrected chi connectivity index (χ0v) is 9.61. The van der Waals surface area contributed by atoms with E-state index in [-0.39, 0.29) is 5.91 Å². The molecule has 1 amide bonds. The number of amides is 1. The Morgan fingerprint density at radius 3 is 2.92 bits per heavy atom. The molecule has 1 saturated carbocycles. The van der Waals surface area contributed by atoms with Crippen molar-refractivity contribution >= 4 is 33.2 Å². The van der Waals surface area contributed by atoms with Crippen LogP contribution in [0.15, 0.2) is 15.2 Å². The van der Waals surface area contributed by atoms with E-state index in [1.165, 1.54) is 11.3 Å². The van der Waals surface area contributed by atoms with Gasteiger partial charge < -0.3 is 5.32 Å². The summed E-state index contributed by atoms with van der Waals surface area (Å²) in [6, 6.07) is 2.25. The molecule has 0 bridgehead atoms. The summed E-state index contributed by atoms with van der Waals surface area (Å²) in [6.07, 6.45) is 1.12. The summed E-state index contributed by atoms with van der Waals surface area (Å²) in [5, 5.41) is 4.90. The van der Waals surface area contributed by atoms with E-state index in [0.717, 1.165) is 15.8 Å². The van der Waals surface area contributed by atoms with E-state index >= 15 is 0 Å². The third-order valence-electron chi connectivity index (χ3n) is 2.29. The zero-order valence-electron chi connectivity index (χ0n) is 7.21. The first-order chi connectivity index (χ1) is 6.18. The minimum absolute atomic E-state index is 0.0440. The van der Waals surface area contributed by atoms with E-state index in [9.17, 15) is 4.79 Å². The van der Waals surface area contributed by atoms with Crippen LogP contribution in [0.25, 0.3) is 0 Å². The zero-order chi connectivity index (χ0) is 9.42. The summed E-state index contributed by atoms with van der Waals surface area (Å²) in [6.45, 7) is 2.15. The van der Waals surface area contributed by atoms with Crippen molar-refractivity contribution in [1.29, 1.82) is 0 Å². The number of rotatable bonds is 2. The molecule has 1 aliphatic carbocycles. The van der Waals surface area contributed by atoms with E-state index in [4.69, 9.17) is 0 Å². The van der Waals surface area contributed by atoms with Crippen LogP contribution < -0.4 is 5.32 Å². The second kappa shape index (κ2) is 3.42. The Kier molecular flexibility index (Phi) is 2.43. The predicted molar refractivity (Wildman–Crippen MR) is 57.1 cm³/mol. The fraction of sp³-hybridized carbons (Fsp3) is 0.444. The third kappa shape index (κ3) is 1.94. The largest absolute Gasteiger partial charge is 0.349 e. The second-order valence-electron chi connectivity index (χ2n) is 3.40. The first-order valence-corrected chi connectivity index (χ1v) is 5.89. The average Bonchev–Trinajstić information content (AvgIpc) is 2.62. The lowest BCUT2D eigenvalue weighted by Gasteiger charge is -2.01. The lowest BCUT2D eigenvalue weighted by atomic mass is 10.3. The number of halogens is 1. The van der Waals surface area contributed by atoms with Gasteiger partial charge in [0.25, 0.3) is 5.91 Å². The lowest BCUT2D eigenvalue weighted by molar-refractivity contribution is 0.0949. The molecule has 4 heteroatoms. The molecular weight excluding hydrogens is 250 g/mol. The van der Waals surface area contributed by atoms with E-state index in [2.05, 4.69) is 28.2 Å². The maximum absolute atomic E-state index is 11.6. The Bertz CT molecular complexity index is 336. The SMILES string of the molecule is CC1CC1NC(=O)c1ccsc1Br. The molecule has 1 N–H and O–H groups in total. The topological polar surface area (TPSA) is 29.1 Å². The highest BCUT2D eigenvalue weighted by Gasteiger charge is 2.34. The van der Waals surface area contributed by atoms with E-state index in [0.29, 0.717) is 12.0 Å². The lowest BCUT2D eigenvalue weighted by Crippen LogP contribution is -2.26. The van der Waals surface area contributed by atoms with Gasteiger partial charge in [-0.1, -0.05) is 6.92 Å². The summed E-state index contributed by atoms with van der Waals surface area (Å²) in [4.78, 5) is 11.6. The molecule has 0 aromatic carbocycles. The van der Waals surface area contributed by atoms with Crippen LogP contribution in [-0.2, 0) is 0 Å². The molecule has 0 radical (unpaired) electrons. The first-order valence-electron chi connectivity index (χ1n) is 4.22. The molecule has 1 aromatic heterocycles. The monoisotopic (exact) mass is 259 g/mol. The normalized spacial score (nSPS) is 25.7. The van der Waals surface area contributed by atoms with Crippen molar-refractivity contribution in [2.24, 2.45) is 5.92 Å². The standard InChI is InChI=1S/C9H10BrNOS/c1-5-4-7(5)11-9(12)6-2-3-13-8(6)10/h2-3,5,7H,4H2,1H3,(H,11,12). The van der Waals surface area contributed by atoms with Crippen molar-refractivity contribution in [3.8, 4) is 0 Å². The summed E-state index contributed by atoms with van der Waals surface area (Å²) >= 11 is 4.89. The molecule has 2 rings (SSSR count). The van der Waals surface area contributed by atoms with Gasteiger partial charge in [0, 0.05) is 6.04 Å². The minimum atomic E-state index is 0.0440. The summed E-state index contributed by atoms with van der Waals surface area (Å²) < 4.78 is 0.915. The molecule has 2 atom stereocenters.